The van der Waals surface area contributed by atoms with Crippen molar-refractivity contribution in [3.63, 3.8) is 0 Å². The molecule has 0 fully saturated rings. The summed E-state index contributed by atoms with van der Waals surface area (Å²) in [6.07, 6.45) is 0.826. The normalized spacial score (nSPS) is 14.8. The van der Waals surface area contributed by atoms with Crippen molar-refractivity contribution in [2.75, 3.05) is 32.6 Å². The number of anilines is 1. The summed E-state index contributed by atoms with van der Waals surface area (Å²) in [7, 11) is 3.25. The molecular weight excluding hydrogens is 415 g/mol. The van der Waals surface area contributed by atoms with Gasteiger partial charge in [-0.2, -0.15) is 0 Å². The molecule has 3 N–H and O–H groups in total. The molecule has 1 atom stereocenters. The number of aromatic nitrogens is 1. The minimum atomic E-state index is -0.784. The molecule has 0 saturated carbocycles. The van der Waals surface area contributed by atoms with E-state index in [1.807, 2.05) is 0 Å². The Labute approximate surface area is 185 Å². The number of ether oxygens (including phenoxy) is 1. The van der Waals surface area contributed by atoms with E-state index in [9.17, 15) is 18.8 Å². The van der Waals surface area contributed by atoms with Gasteiger partial charge in [-0.3, -0.25) is 14.4 Å². The van der Waals surface area contributed by atoms with E-state index in [1.165, 1.54) is 23.1 Å². The highest BCUT2D eigenvalue weighted by Crippen LogP contribution is 2.34. The molecule has 1 aliphatic heterocycles. The number of amides is 3. The zero-order valence-electron chi connectivity index (χ0n) is 18.8. The van der Waals surface area contributed by atoms with Gasteiger partial charge in [0.05, 0.1) is 17.7 Å². The summed E-state index contributed by atoms with van der Waals surface area (Å²) < 4.78 is 19.2. The van der Waals surface area contributed by atoms with Crippen LogP contribution in [0.25, 0.3) is 11.6 Å². The van der Waals surface area contributed by atoms with Gasteiger partial charge in [0, 0.05) is 43.3 Å². The highest BCUT2D eigenvalue weighted by atomic mass is 19.1. The number of carbonyl (C=O) groups is 3. The lowest BCUT2D eigenvalue weighted by Gasteiger charge is -2.20. The van der Waals surface area contributed by atoms with Gasteiger partial charge >= 0.3 is 0 Å². The Bertz CT molecular complexity index is 1100. The summed E-state index contributed by atoms with van der Waals surface area (Å²) in [5.41, 5.74) is 3.55. The van der Waals surface area contributed by atoms with Gasteiger partial charge in [-0.15, -0.1) is 0 Å². The molecule has 0 spiro atoms. The smallest absolute Gasteiger partial charge is 0.256 e. The van der Waals surface area contributed by atoms with E-state index >= 15 is 0 Å². The molecule has 1 aliphatic rings. The topological polar surface area (TPSA) is 104 Å². The maximum absolute atomic E-state index is 13.7. The minimum Gasteiger partial charge on any atom is -0.367 e. The standard InChI is InChI=1S/C23H27FN4O4/c1-6-32-19(23(31)28(4)5)11-25-22(30)20-12(2)18(26-13(20)3)10-16-15-9-14(24)7-8-17(15)27-21(16)29/h7-10,19,26H,6,11H2,1-5H3,(H,25,30)(H,27,29). The quantitative estimate of drug-likeness (QED) is 0.573. The van der Waals surface area contributed by atoms with E-state index in [0.717, 1.165) is 0 Å². The molecule has 32 heavy (non-hydrogen) atoms. The van der Waals surface area contributed by atoms with Crippen LogP contribution >= 0.6 is 0 Å². The number of hydrogen-bond acceptors (Lipinski definition) is 4. The van der Waals surface area contributed by atoms with Gasteiger partial charge in [-0.1, -0.05) is 0 Å². The summed E-state index contributed by atoms with van der Waals surface area (Å²) in [5, 5.41) is 5.47. The number of nitrogens with zero attached hydrogens (tertiary/aromatic N) is 1. The summed E-state index contributed by atoms with van der Waals surface area (Å²) in [4.78, 5) is 42.1. The van der Waals surface area contributed by atoms with Crippen LogP contribution in [0, 0.1) is 19.7 Å². The van der Waals surface area contributed by atoms with Crippen molar-refractivity contribution < 1.29 is 23.5 Å². The van der Waals surface area contributed by atoms with E-state index in [2.05, 4.69) is 15.6 Å². The number of nitrogens with one attached hydrogen (secondary N) is 3. The van der Waals surface area contributed by atoms with Gasteiger partial charge in [0.1, 0.15) is 5.82 Å². The molecule has 3 rings (SSSR count). The molecule has 0 saturated heterocycles. The molecule has 170 valence electrons. The van der Waals surface area contributed by atoms with Crippen LogP contribution in [0.2, 0.25) is 0 Å². The largest absolute Gasteiger partial charge is 0.367 e. The van der Waals surface area contributed by atoms with Gasteiger partial charge < -0.3 is 25.3 Å². The van der Waals surface area contributed by atoms with E-state index in [-0.39, 0.29) is 24.3 Å². The highest BCUT2D eigenvalue weighted by molar-refractivity contribution is 6.34. The number of benzene rings is 1. The van der Waals surface area contributed by atoms with Crippen LogP contribution < -0.4 is 10.6 Å². The first-order valence-corrected chi connectivity index (χ1v) is 10.3. The van der Waals surface area contributed by atoms with Crippen molar-refractivity contribution in [1.82, 2.24) is 15.2 Å². The zero-order chi connectivity index (χ0) is 23.6. The minimum absolute atomic E-state index is 0.0270. The number of aryl methyl sites for hydroxylation is 1. The molecule has 3 amide bonds. The maximum Gasteiger partial charge on any atom is 0.256 e. The van der Waals surface area contributed by atoms with E-state index in [4.69, 9.17) is 4.74 Å². The van der Waals surface area contributed by atoms with Crippen molar-refractivity contribution in [2.45, 2.75) is 26.9 Å². The Morgan fingerprint density at radius 2 is 2.00 bits per heavy atom. The number of fused-ring (bicyclic) bond motifs is 1. The SMILES string of the molecule is CCOC(CNC(=O)c1c(C)[nH]c(C=C2C(=O)Nc3ccc(F)cc32)c1C)C(=O)N(C)C. The van der Waals surface area contributed by atoms with Gasteiger partial charge in [-0.25, -0.2) is 4.39 Å². The van der Waals surface area contributed by atoms with Crippen molar-refractivity contribution >= 4 is 35.1 Å². The fraction of sp³-hybridized carbons (Fsp3) is 0.348. The average molecular weight is 442 g/mol. The molecule has 8 nitrogen and oxygen atoms in total. The third kappa shape index (κ3) is 4.57. The lowest BCUT2D eigenvalue weighted by atomic mass is 10.0. The van der Waals surface area contributed by atoms with Crippen LogP contribution in [-0.4, -0.2) is 61.0 Å². The molecule has 0 aliphatic carbocycles. The van der Waals surface area contributed by atoms with Crippen LogP contribution in [0.3, 0.4) is 0 Å². The molecule has 9 heteroatoms. The third-order valence-electron chi connectivity index (χ3n) is 5.29. The molecule has 2 aromatic rings. The number of rotatable bonds is 7. The van der Waals surface area contributed by atoms with Crippen LogP contribution in [-0.2, 0) is 14.3 Å². The van der Waals surface area contributed by atoms with Crippen LogP contribution in [0.15, 0.2) is 18.2 Å². The number of hydrogen-bond donors (Lipinski definition) is 3. The highest BCUT2D eigenvalue weighted by Gasteiger charge is 2.27. The summed E-state index contributed by atoms with van der Waals surface area (Å²) >= 11 is 0. The molecular formula is C23H27FN4O4. The second kappa shape index (κ2) is 9.35. The molecule has 2 heterocycles. The first kappa shape index (κ1) is 23.2. The Morgan fingerprint density at radius 3 is 2.66 bits per heavy atom. The third-order valence-corrected chi connectivity index (χ3v) is 5.29. The Kier molecular flexibility index (Phi) is 6.78. The predicted molar refractivity (Wildman–Crippen MR) is 120 cm³/mol. The fourth-order valence-electron chi connectivity index (χ4n) is 3.69. The van der Waals surface area contributed by atoms with Crippen LogP contribution in [0.1, 0.15) is 39.8 Å². The Hall–Kier alpha value is -3.46. The molecule has 1 aromatic carbocycles. The second-order valence-corrected chi connectivity index (χ2v) is 7.75. The van der Waals surface area contributed by atoms with Crippen molar-refractivity contribution in [2.24, 2.45) is 0 Å². The summed E-state index contributed by atoms with van der Waals surface area (Å²) in [6, 6.07) is 4.09. The molecule has 0 radical (unpaired) electrons. The average Bonchev–Trinajstić information content (AvgIpc) is 3.19. The number of likely N-dealkylation sites (N-methyl/N-ethyl adjacent to an activating group) is 1. The van der Waals surface area contributed by atoms with Crippen LogP contribution in [0.4, 0.5) is 10.1 Å². The number of aromatic amines is 1. The van der Waals surface area contributed by atoms with E-state index in [1.54, 1.807) is 40.9 Å². The monoisotopic (exact) mass is 442 g/mol. The van der Waals surface area contributed by atoms with Gasteiger partial charge in [0.25, 0.3) is 17.7 Å². The Balaban J connectivity index is 1.85. The van der Waals surface area contributed by atoms with Crippen LogP contribution in [0.5, 0.6) is 0 Å². The van der Waals surface area contributed by atoms with Crippen molar-refractivity contribution in [3.05, 3.63) is 52.1 Å². The number of H-pyrrole nitrogens is 1. The van der Waals surface area contributed by atoms with Gasteiger partial charge in [-0.05, 0) is 50.6 Å². The first-order valence-electron chi connectivity index (χ1n) is 10.3. The number of carbonyl (C=O) groups excluding carboxylic acids is 3. The lowest BCUT2D eigenvalue weighted by Crippen LogP contribution is -2.44. The van der Waals surface area contributed by atoms with E-state index in [0.29, 0.717) is 45.9 Å². The second-order valence-electron chi connectivity index (χ2n) is 7.75. The molecule has 1 unspecified atom stereocenters. The number of halogens is 1. The predicted octanol–water partition coefficient (Wildman–Crippen LogP) is 2.49. The van der Waals surface area contributed by atoms with Crippen molar-refractivity contribution in [3.8, 4) is 0 Å². The summed E-state index contributed by atoms with van der Waals surface area (Å²) in [6.45, 7) is 5.65. The fourth-order valence-corrected chi connectivity index (χ4v) is 3.69. The lowest BCUT2D eigenvalue weighted by molar-refractivity contribution is -0.140. The zero-order valence-corrected chi connectivity index (χ0v) is 18.8. The maximum atomic E-state index is 13.7. The summed E-state index contributed by atoms with van der Waals surface area (Å²) in [5.74, 6) is -1.38. The van der Waals surface area contributed by atoms with Crippen molar-refractivity contribution in [1.29, 1.82) is 0 Å². The molecule has 1 aromatic heterocycles. The van der Waals surface area contributed by atoms with Gasteiger partial charge in [0.15, 0.2) is 6.10 Å². The Morgan fingerprint density at radius 1 is 1.28 bits per heavy atom. The van der Waals surface area contributed by atoms with Gasteiger partial charge in [0.2, 0.25) is 0 Å². The van der Waals surface area contributed by atoms with E-state index < -0.39 is 11.9 Å². The first-order chi connectivity index (χ1) is 15.1. The molecule has 0 bridgehead atoms.